The molecule has 0 bridgehead atoms. The lowest BCUT2D eigenvalue weighted by molar-refractivity contribution is -0.126. The molecule has 0 atom stereocenters. The van der Waals surface area contributed by atoms with Gasteiger partial charge in [-0.15, -0.1) is 0 Å². The minimum Gasteiger partial charge on any atom is -0.366 e. The van der Waals surface area contributed by atoms with Crippen molar-refractivity contribution in [3.63, 3.8) is 0 Å². The van der Waals surface area contributed by atoms with Crippen LogP contribution in [0.2, 0.25) is 5.02 Å². The van der Waals surface area contributed by atoms with Crippen LogP contribution in [-0.4, -0.2) is 47.2 Å². The summed E-state index contributed by atoms with van der Waals surface area (Å²) in [6.45, 7) is 5.58. The van der Waals surface area contributed by atoms with E-state index in [9.17, 15) is 9.18 Å². The lowest BCUT2D eigenvalue weighted by atomic mass is 9.98. The van der Waals surface area contributed by atoms with E-state index in [0.717, 1.165) is 22.2 Å². The number of hydrogen-bond acceptors (Lipinski definition) is 4. The van der Waals surface area contributed by atoms with Gasteiger partial charge in [0.1, 0.15) is 6.67 Å². The number of aromatic nitrogens is 2. The second kappa shape index (κ2) is 8.17. The van der Waals surface area contributed by atoms with Crippen LogP contribution in [0.15, 0.2) is 55.3 Å². The number of rotatable bonds is 4. The Morgan fingerprint density at radius 1 is 1.17 bits per heavy atom. The van der Waals surface area contributed by atoms with Gasteiger partial charge in [-0.05, 0) is 29.3 Å². The highest BCUT2D eigenvalue weighted by Crippen LogP contribution is 2.36. The van der Waals surface area contributed by atoms with Crippen molar-refractivity contribution in [2.45, 2.75) is 6.67 Å². The molecule has 29 heavy (non-hydrogen) atoms. The number of benzene rings is 2. The van der Waals surface area contributed by atoms with Gasteiger partial charge in [0, 0.05) is 42.2 Å². The number of hydrogen-bond donors (Lipinski definition) is 0. The molecule has 0 unspecified atom stereocenters. The van der Waals surface area contributed by atoms with Crippen molar-refractivity contribution in [1.29, 1.82) is 0 Å². The van der Waals surface area contributed by atoms with E-state index in [2.05, 4.69) is 21.7 Å². The van der Waals surface area contributed by atoms with Gasteiger partial charge in [0.05, 0.1) is 17.4 Å². The highest BCUT2D eigenvalue weighted by Gasteiger charge is 2.22. The SMILES string of the molecule is C=CC(=O)N1CCN(c2cnnc3cc(-c4ccccc4CF)c(Cl)cc23)CC1. The topological polar surface area (TPSA) is 49.3 Å². The molecule has 4 rings (SSSR count). The largest absolute Gasteiger partial charge is 0.366 e. The third-order valence-electron chi connectivity index (χ3n) is 5.26. The minimum atomic E-state index is -0.566. The number of alkyl halides is 1. The molecule has 0 radical (unpaired) electrons. The summed E-state index contributed by atoms with van der Waals surface area (Å²) in [5, 5.41) is 9.85. The Bertz CT molecular complexity index is 1080. The van der Waals surface area contributed by atoms with Gasteiger partial charge in [-0.3, -0.25) is 4.79 Å². The van der Waals surface area contributed by atoms with E-state index >= 15 is 0 Å². The predicted molar refractivity (Wildman–Crippen MR) is 114 cm³/mol. The third kappa shape index (κ3) is 3.68. The van der Waals surface area contributed by atoms with Gasteiger partial charge in [-0.2, -0.15) is 10.2 Å². The summed E-state index contributed by atoms with van der Waals surface area (Å²) < 4.78 is 13.4. The monoisotopic (exact) mass is 410 g/mol. The number of fused-ring (bicyclic) bond motifs is 1. The maximum absolute atomic E-state index is 13.4. The van der Waals surface area contributed by atoms with Crippen LogP contribution in [0.4, 0.5) is 10.1 Å². The van der Waals surface area contributed by atoms with Crippen LogP contribution >= 0.6 is 11.6 Å². The van der Waals surface area contributed by atoms with E-state index < -0.39 is 6.67 Å². The van der Waals surface area contributed by atoms with Gasteiger partial charge in [-0.1, -0.05) is 42.4 Å². The highest BCUT2D eigenvalue weighted by molar-refractivity contribution is 6.34. The Hall–Kier alpha value is -2.99. The second-order valence-corrected chi connectivity index (χ2v) is 7.29. The zero-order chi connectivity index (χ0) is 20.4. The fourth-order valence-corrected chi connectivity index (χ4v) is 3.99. The van der Waals surface area contributed by atoms with E-state index in [0.29, 0.717) is 42.3 Å². The van der Waals surface area contributed by atoms with Gasteiger partial charge in [0.15, 0.2) is 0 Å². The summed E-state index contributed by atoms with van der Waals surface area (Å²) in [6.07, 6.45) is 3.06. The normalized spacial score (nSPS) is 14.3. The first-order valence-corrected chi connectivity index (χ1v) is 9.75. The standard InChI is InChI=1S/C22H20ClFN4O/c1-2-22(29)28-9-7-27(8-10-28)21-14-25-26-20-12-17(19(23)11-18(20)21)16-6-4-3-5-15(16)13-24/h2-6,11-12,14H,1,7-10,13H2. The zero-order valence-electron chi connectivity index (χ0n) is 15.8. The molecule has 3 aromatic rings. The lowest BCUT2D eigenvalue weighted by Gasteiger charge is -2.35. The van der Waals surface area contributed by atoms with Crippen molar-refractivity contribution >= 4 is 34.1 Å². The van der Waals surface area contributed by atoms with Crippen molar-refractivity contribution in [1.82, 2.24) is 15.1 Å². The number of carbonyl (C=O) groups is 1. The van der Waals surface area contributed by atoms with Gasteiger partial charge in [-0.25, -0.2) is 4.39 Å². The maximum atomic E-state index is 13.4. The number of piperazine rings is 1. The van der Waals surface area contributed by atoms with Crippen LogP contribution in [0.1, 0.15) is 5.56 Å². The number of nitrogens with zero attached hydrogens (tertiary/aromatic N) is 4. The first-order valence-electron chi connectivity index (χ1n) is 9.38. The van der Waals surface area contributed by atoms with Crippen molar-refractivity contribution in [3.05, 3.63) is 65.8 Å². The average molecular weight is 411 g/mol. The molecule has 1 fully saturated rings. The highest BCUT2D eigenvalue weighted by atomic mass is 35.5. The maximum Gasteiger partial charge on any atom is 0.246 e. The summed E-state index contributed by atoms with van der Waals surface area (Å²) in [7, 11) is 0. The summed E-state index contributed by atoms with van der Waals surface area (Å²) in [4.78, 5) is 15.8. The molecule has 1 amide bonds. The van der Waals surface area contributed by atoms with Crippen molar-refractivity contribution in [2.24, 2.45) is 0 Å². The molecule has 0 saturated carbocycles. The molecule has 7 heteroatoms. The molecule has 2 heterocycles. The average Bonchev–Trinajstić information content (AvgIpc) is 2.78. The minimum absolute atomic E-state index is 0.0541. The van der Waals surface area contributed by atoms with Gasteiger partial charge >= 0.3 is 0 Å². The third-order valence-corrected chi connectivity index (χ3v) is 5.58. The molecule has 1 aliphatic rings. The van der Waals surface area contributed by atoms with E-state index in [1.807, 2.05) is 30.3 Å². The Morgan fingerprint density at radius 3 is 2.66 bits per heavy atom. The van der Waals surface area contributed by atoms with Gasteiger partial charge < -0.3 is 9.80 Å². The summed E-state index contributed by atoms with van der Waals surface area (Å²) in [5.74, 6) is -0.0541. The summed E-state index contributed by atoms with van der Waals surface area (Å²) >= 11 is 6.61. The van der Waals surface area contributed by atoms with Crippen LogP contribution < -0.4 is 4.90 Å². The Kier molecular flexibility index (Phi) is 5.45. The molecular weight excluding hydrogens is 391 g/mol. The molecule has 148 valence electrons. The molecular formula is C22H20ClFN4O. The number of carbonyl (C=O) groups excluding carboxylic acids is 1. The number of anilines is 1. The van der Waals surface area contributed by atoms with E-state index in [1.165, 1.54) is 6.08 Å². The summed E-state index contributed by atoms with van der Waals surface area (Å²) in [5.41, 5.74) is 3.69. The van der Waals surface area contributed by atoms with Crippen LogP contribution in [0.5, 0.6) is 0 Å². The molecule has 0 N–H and O–H groups in total. The number of halogens is 2. The Labute approximate surface area is 173 Å². The molecule has 1 aromatic heterocycles. The Balaban J connectivity index is 1.71. The van der Waals surface area contributed by atoms with E-state index in [-0.39, 0.29) is 5.91 Å². The molecule has 2 aromatic carbocycles. The fourth-order valence-electron chi connectivity index (χ4n) is 3.72. The summed E-state index contributed by atoms with van der Waals surface area (Å²) in [6, 6.07) is 11.0. The molecule has 0 aliphatic carbocycles. The smallest absolute Gasteiger partial charge is 0.246 e. The fraction of sp³-hybridized carbons (Fsp3) is 0.227. The zero-order valence-corrected chi connectivity index (χ0v) is 16.6. The first kappa shape index (κ1) is 19.3. The van der Waals surface area contributed by atoms with Crippen LogP contribution in [0.25, 0.3) is 22.0 Å². The predicted octanol–water partition coefficient (Wildman–Crippen LogP) is 4.25. The molecule has 0 spiro atoms. The van der Waals surface area contributed by atoms with Crippen molar-refractivity contribution < 1.29 is 9.18 Å². The van der Waals surface area contributed by atoms with Crippen molar-refractivity contribution in [2.75, 3.05) is 31.1 Å². The Morgan fingerprint density at radius 2 is 1.93 bits per heavy atom. The second-order valence-electron chi connectivity index (χ2n) is 6.89. The van der Waals surface area contributed by atoms with Crippen LogP contribution in [-0.2, 0) is 11.5 Å². The van der Waals surface area contributed by atoms with Crippen molar-refractivity contribution in [3.8, 4) is 11.1 Å². The lowest BCUT2D eigenvalue weighted by Crippen LogP contribution is -2.48. The molecule has 1 aliphatic heterocycles. The number of amides is 1. The molecule has 5 nitrogen and oxygen atoms in total. The van der Waals surface area contributed by atoms with Gasteiger partial charge in [0.2, 0.25) is 5.91 Å². The molecule has 1 saturated heterocycles. The quantitative estimate of drug-likeness (QED) is 0.603. The van der Waals surface area contributed by atoms with E-state index in [1.54, 1.807) is 17.2 Å². The first-order chi connectivity index (χ1) is 14.1. The van der Waals surface area contributed by atoms with Crippen LogP contribution in [0, 0.1) is 0 Å². The van der Waals surface area contributed by atoms with Gasteiger partial charge in [0.25, 0.3) is 0 Å². The van der Waals surface area contributed by atoms with Crippen LogP contribution in [0.3, 0.4) is 0 Å². The van der Waals surface area contributed by atoms with E-state index in [4.69, 9.17) is 11.6 Å².